The molecule has 7 atom stereocenters. The molecule has 7 saturated carbocycles. The summed E-state index contributed by atoms with van der Waals surface area (Å²) in [6, 6.07) is 0. The van der Waals surface area contributed by atoms with Gasteiger partial charge in [0.05, 0.1) is 27.8 Å². The van der Waals surface area contributed by atoms with Crippen molar-refractivity contribution in [3.8, 4) is 0 Å². The van der Waals surface area contributed by atoms with Crippen molar-refractivity contribution in [2.45, 2.75) is 189 Å². The third-order valence-corrected chi connectivity index (χ3v) is 14.2. The summed E-state index contributed by atoms with van der Waals surface area (Å²) in [4.78, 5) is 47.9. The van der Waals surface area contributed by atoms with Crippen molar-refractivity contribution in [3.05, 3.63) is 0 Å². The second-order valence-electron chi connectivity index (χ2n) is 20.0. The molecule has 6 bridgehead atoms. The summed E-state index contributed by atoms with van der Waals surface area (Å²) in [5.41, 5.74) is -2.38. The van der Waals surface area contributed by atoms with Crippen LogP contribution in [0, 0.1) is 51.8 Å². The SMILES string of the molecule is CCC(C)(C)C(=O)OC(C)(C)C1CC1.CCC(C)(C)C(=O)OC12CC3CC(CC(O)(C3)C1)C2.CCC(C)(C)C(=O)OC1C2CC3C(=O)OC1C3C2. The first-order valence-electron chi connectivity index (χ1n) is 20.1. The maximum atomic E-state index is 12.4. The maximum absolute atomic E-state index is 12.4. The molecule has 8 aliphatic rings. The number of aliphatic hydroxyl groups is 1. The van der Waals surface area contributed by atoms with Gasteiger partial charge in [-0.25, -0.2) is 0 Å². The number of rotatable bonds is 10. The number of esters is 4. The Morgan fingerprint density at radius 1 is 0.765 bits per heavy atom. The molecule has 1 saturated heterocycles. The highest BCUT2D eigenvalue weighted by atomic mass is 16.6. The summed E-state index contributed by atoms with van der Waals surface area (Å²) in [6.07, 6.45) is 11.9. The minimum absolute atomic E-state index is 0.0584. The fraction of sp³-hybridized carbons (Fsp3) is 0.905. The molecule has 8 fully saturated rings. The minimum Gasteiger partial charge on any atom is -0.459 e. The number of carbonyl (C=O) groups excluding carboxylic acids is 4. The molecule has 290 valence electrons. The Morgan fingerprint density at radius 3 is 1.80 bits per heavy atom. The lowest BCUT2D eigenvalue weighted by atomic mass is 9.52. The monoisotopic (exact) mass is 716 g/mol. The van der Waals surface area contributed by atoms with Crippen LogP contribution in [0.4, 0.5) is 0 Å². The van der Waals surface area contributed by atoms with Crippen LogP contribution >= 0.6 is 0 Å². The second kappa shape index (κ2) is 13.9. The van der Waals surface area contributed by atoms with E-state index in [0.29, 0.717) is 36.0 Å². The molecule has 7 unspecified atom stereocenters. The molecule has 0 aromatic rings. The lowest BCUT2D eigenvalue weighted by Crippen LogP contribution is -2.61. The van der Waals surface area contributed by atoms with Gasteiger partial charge in [-0.3, -0.25) is 19.2 Å². The van der Waals surface area contributed by atoms with Gasteiger partial charge >= 0.3 is 23.9 Å². The predicted molar refractivity (Wildman–Crippen MR) is 193 cm³/mol. The van der Waals surface area contributed by atoms with Crippen LogP contribution in [0.15, 0.2) is 0 Å². The molecule has 1 aliphatic heterocycles. The Hall–Kier alpha value is -2.16. The van der Waals surface area contributed by atoms with Crippen LogP contribution in [0.1, 0.15) is 160 Å². The summed E-state index contributed by atoms with van der Waals surface area (Å²) in [7, 11) is 0. The zero-order valence-corrected chi connectivity index (χ0v) is 33.5. The minimum atomic E-state index is -0.555. The van der Waals surface area contributed by atoms with Gasteiger partial charge in [0.1, 0.15) is 23.4 Å². The second-order valence-corrected chi connectivity index (χ2v) is 20.0. The smallest absolute Gasteiger partial charge is 0.312 e. The summed E-state index contributed by atoms with van der Waals surface area (Å²) < 4.78 is 22.6. The van der Waals surface area contributed by atoms with Gasteiger partial charge in [0.25, 0.3) is 0 Å². The summed E-state index contributed by atoms with van der Waals surface area (Å²) in [5.74, 6) is 2.01. The highest BCUT2D eigenvalue weighted by Crippen LogP contribution is 2.59. The van der Waals surface area contributed by atoms with E-state index in [1.807, 2.05) is 76.2 Å². The molecule has 8 rings (SSSR count). The van der Waals surface area contributed by atoms with Gasteiger partial charge in [0, 0.05) is 18.3 Å². The number of hydrogen-bond acceptors (Lipinski definition) is 9. The van der Waals surface area contributed by atoms with Gasteiger partial charge < -0.3 is 24.1 Å². The van der Waals surface area contributed by atoms with E-state index in [1.165, 1.54) is 19.3 Å². The Kier molecular flexibility index (Phi) is 10.9. The zero-order chi connectivity index (χ0) is 37.9. The van der Waals surface area contributed by atoms with Crippen molar-refractivity contribution < 1.29 is 43.2 Å². The van der Waals surface area contributed by atoms with E-state index >= 15 is 0 Å². The van der Waals surface area contributed by atoms with E-state index < -0.39 is 16.4 Å². The summed E-state index contributed by atoms with van der Waals surface area (Å²) in [5, 5.41) is 10.6. The van der Waals surface area contributed by atoms with Gasteiger partial charge in [-0.15, -0.1) is 0 Å². The van der Waals surface area contributed by atoms with Crippen LogP contribution in [-0.2, 0) is 38.1 Å². The number of fused-ring (bicyclic) bond motifs is 1. The van der Waals surface area contributed by atoms with Crippen LogP contribution in [0.3, 0.4) is 0 Å². The maximum Gasteiger partial charge on any atom is 0.312 e. The average molecular weight is 717 g/mol. The van der Waals surface area contributed by atoms with Crippen LogP contribution in [0.2, 0.25) is 0 Å². The number of carbonyl (C=O) groups is 4. The molecular weight excluding hydrogens is 648 g/mol. The highest BCUT2D eigenvalue weighted by molar-refractivity contribution is 5.79. The third-order valence-electron chi connectivity index (χ3n) is 14.2. The molecule has 0 aromatic heterocycles. The van der Waals surface area contributed by atoms with E-state index in [4.69, 9.17) is 18.9 Å². The van der Waals surface area contributed by atoms with Crippen LogP contribution in [0.5, 0.6) is 0 Å². The number of ether oxygens (including phenoxy) is 4. The van der Waals surface area contributed by atoms with E-state index in [2.05, 4.69) is 0 Å². The van der Waals surface area contributed by atoms with Gasteiger partial charge in [-0.1, -0.05) is 20.8 Å². The lowest BCUT2D eigenvalue weighted by molar-refractivity contribution is -0.225. The van der Waals surface area contributed by atoms with Crippen molar-refractivity contribution in [2.24, 2.45) is 51.8 Å². The van der Waals surface area contributed by atoms with E-state index in [0.717, 1.165) is 57.8 Å². The van der Waals surface area contributed by atoms with E-state index in [9.17, 15) is 24.3 Å². The first-order valence-corrected chi connectivity index (χ1v) is 20.1. The van der Waals surface area contributed by atoms with Gasteiger partial charge in [0.15, 0.2) is 0 Å². The molecule has 0 spiro atoms. The normalized spacial score (nSPS) is 36.0. The first-order chi connectivity index (χ1) is 23.5. The molecule has 0 radical (unpaired) electrons. The Morgan fingerprint density at radius 2 is 1.29 bits per heavy atom. The standard InChI is InChI=1S/C16H26O3.C14H20O4.C12H22O2/c1-4-14(2,3)13(17)19-16-8-11-5-12(9-16)7-15(18,6-11)10-16;1-4-14(2,3)13(16)18-10-7-5-8-9(6-7)12(15)17-11(8)10;1-6-11(2,3)10(13)14-12(4,5)9-7-8-9/h11-12,18H,4-10H2,1-3H3;7-11H,4-6H2,1-3H3;9H,6-8H2,1-5H3. The predicted octanol–water partition coefficient (Wildman–Crippen LogP) is 8.12. The zero-order valence-electron chi connectivity index (χ0n) is 33.5. The average Bonchev–Trinajstić information content (AvgIpc) is 3.68. The molecule has 0 amide bonds. The summed E-state index contributed by atoms with van der Waals surface area (Å²) >= 11 is 0. The molecule has 7 aliphatic carbocycles. The number of hydrogen-bond donors (Lipinski definition) is 1. The Bertz CT molecular complexity index is 1330. The van der Waals surface area contributed by atoms with Crippen LogP contribution in [0.25, 0.3) is 0 Å². The van der Waals surface area contributed by atoms with Crippen molar-refractivity contribution in [2.75, 3.05) is 0 Å². The van der Waals surface area contributed by atoms with Crippen molar-refractivity contribution >= 4 is 23.9 Å². The topological polar surface area (TPSA) is 125 Å². The fourth-order valence-corrected chi connectivity index (χ4v) is 9.60. The summed E-state index contributed by atoms with van der Waals surface area (Å²) in [6.45, 7) is 21.6. The van der Waals surface area contributed by atoms with E-state index in [-0.39, 0.29) is 58.6 Å². The third kappa shape index (κ3) is 8.33. The largest absolute Gasteiger partial charge is 0.459 e. The quantitative estimate of drug-likeness (QED) is 0.176. The van der Waals surface area contributed by atoms with Crippen molar-refractivity contribution in [3.63, 3.8) is 0 Å². The molecule has 9 heteroatoms. The van der Waals surface area contributed by atoms with E-state index in [1.54, 1.807) is 0 Å². The molecule has 51 heavy (non-hydrogen) atoms. The molecule has 9 nitrogen and oxygen atoms in total. The van der Waals surface area contributed by atoms with Crippen LogP contribution < -0.4 is 0 Å². The lowest BCUT2D eigenvalue weighted by Gasteiger charge is -2.59. The molecular formula is C42H68O9. The van der Waals surface area contributed by atoms with Crippen molar-refractivity contribution in [1.82, 2.24) is 0 Å². The van der Waals surface area contributed by atoms with Crippen molar-refractivity contribution in [1.29, 1.82) is 0 Å². The van der Waals surface area contributed by atoms with Gasteiger partial charge in [0.2, 0.25) is 0 Å². The van der Waals surface area contributed by atoms with Gasteiger partial charge in [-0.05, 0) is 150 Å². The Labute approximate surface area is 307 Å². The van der Waals surface area contributed by atoms with Gasteiger partial charge in [-0.2, -0.15) is 0 Å². The molecule has 0 aromatic carbocycles. The fourth-order valence-electron chi connectivity index (χ4n) is 9.60. The molecule has 1 N–H and O–H groups in total. The van der Waals surface area contributed by atoms with Crippen LogP contribution in [-0.4, -0.2) is 58.0 Å². The molecule has 1 heterocycles. The highest BCUT2D eigenvalue weighted by Gasteiger charge is 2.64. The first kappa shape index (κ1) is 40.0. The Balaban J connectivity index is 0.000000150.